The normalized spacial score (nSPS) is 10.6. The fourth-order valence-electron chi connectivity index (χ4n) is 2.49. The zero-order valence-electron chi connectivity index (χ0n) is 13.4. The summed E-state index contributed by atoms with van der Waals surface area (Å²) in [6, 6.07) is 19.2. The molecule has 0 atom stereocenters. The minimum atomic E-state index is -0.0800. The second-order valence-corrected chi connectivity index (χ2v) is 6.04. The predicted octanol–water partition coefficient (Wildman–Crippen LogP) is 4.07. The number of rotatable bonds is 5. The predicted molar refractivity (Wildman–Crippen MR) is 96.3 cm³/mol. The van der Waals surface area contributed by atoms with Gasteiger partial charge in [0, 0.05) is 16.8 Å². The molecule has 0 aliphatic carbocycles. The third-order valence-electron chi connectivity index (χ3n) is 3.73. The summed E-state index contributed by atoms with van der Waals surface area (Å²) in [7, 11) is 0. The Morgan fingerprint density at radius 2 is 1.83 bits per heavy atom. The third kappa shape index (κ3) is 4.03. The molecular formula is C19H18ClN3O. The number of nitrogens with zero attached hydrogens (tertiary/aromatic N) is 2. The van der Waals surface area contributed by atoms with Gasteiger partial charge in [-0.05, 0) is 24.1 Å². The van der Waals surface area contributed by atoms with E-state index >= 15 is 0 Å². The number of carbonyl (C=O) groups excluding carboxylic acids is 1. The van der Waals surface area contributed by atoms with Gasteiger partial charge in [0.15, 0.2) is 5.82 Å². The van der Waals surface area contributed by atoms with E-state index in [0.717, 1.165) is 16.8 Å². The Balaban J connectivity index is 1.68. The number of aryl methyl sites for hydroxylation is 1. The smallest absolute Gasteiger partial charge is 0.229 e. The number of amides is 1. The second-order valence-electron chi connectivity index (χ2n) is 5.63. The highest BCUT2D eigenvalue weighted by Crippen LogP contribution is 2.18. The first kappa shape index (κ1) is 16.3. The van der Waals surface area contributed by atoms with E-state index < -0.39 is 0 Å². The van der Waals surface area contributed by atoms with Crippen LogP contribution in [0.5, 0.6) is 0 Å². The number of aromatic nitrogens is 2. The highest BCUT2D eigenvalue weighted by atomic mass is 35.5. The number of hydrogen-bond donors (Lipinski definition) is 1. The van der Waals surface area contributed by atoms with Gasteiger partial charge in [-0.2, -0.15) is 5.10 Å². The Labute approximate surface area is 146 Å². The van der Waals surface area contributed by atoms with E-state index in [1.54, 1.807) is 0 Å². The maximum absolute atomic E-state index is 12.1. The first-order valence-electron chi connectivity index (χ1n) is 7.73. The lowest BCUT2D eigenvalue weighted by molar-refractivity contribution is -0.115. The second kappa shape index (κ2) is 7.32. The molecule has 0 saturated carbocycles. The minimum Gasteiger partial charge on any atom is -0.309 e. The van der Waals surface area contributed by atoms with E-state index in [2.05, 4.69) is 10.4 Å². The first-order chi connectivity index (χ1) is 11.6. The molecule has 1 N–H and O–H groups in total. The highest BCUT2D eigenvalue weighted by molar-refractivity contribution is 6.31. The molecule has 0 fully saturated rings. The number of nitrogens with one attached hydrogen (secondary N) is 1. The fourth-order valence-corrected chi connectivity index (χ4v) is 2.68. The van der Waals surface area contributed by atoms with Gasteiger partial charge in [0.2, 0.25) is 5.91 Å². The molecule has 122 valence electrons. The third-order valence-corrected chi connectivity index (χ3v) is 4.10. The van der Waals surface area contributed by atoms with Crippen LogP contribution in [0.15, 0.2) is 60.7 Å². The molecular weight excluding hydrogens is 322 g/mol. The lowest BCUT2D eigenvalue weighted by atomic mass is 10.1. The molecule has 2 aromatic carbocycles. The van der Waals surface area contributed by atoms with E-state index in [-0.39, 0.29) is 5.91 Å². The highest BCUT2D eigenvalue weighted by Gasteiger charge is 2.10. The van der Waals surface area contributed by atoms with Crippen LogP contribution in [-0.4, -0.2) is 15.7 Å². The molecule has 1 heterocycles. The Morgan fingerprint density at radius 1 is 1.12 bits per heavy atom. The van der Waals surface area contributed by atoms with Crippen molar-refractivity contribution in [2.75, 3.05) is 5.32 Å². The zero-order valence-corrected chi connectivity index (χ0v) is 14.1. The summed E-state index contributed by atoms with van der Waals surface area (Å²) in [5, 5.41) is 8.01. The van der Waals surface area contributed by atoms with E-state index in [0.29, 0.717) is 23.8 Å². The van der Waals surface area contributed by atoms with Crippen LogP contribution in [0.3, 0.4) is 0 Å². The Kier molecular flexibility index (Phi) is 4.96. The van der Waals surface area contributed by atoms with Gasteiger partial charge >= 0.3 is 0 Å². The van der Waals surface area contributed by atoms with Gasteiger partial charge in [0.1, 0.15) is 0 Å². The fraction of sp³-hybridized carbons (Fsp3) is 0.158. The molecule has 0 unspecified atom stereocenters. The summed E-state index contributed by atoms with van der Waals surface area (Å²) < 4.78 is 1.83. The van der Waals surface area contributed by atoms with E-state index in [1.807, 2.05) is 72.3 Å². The molecule has 0 aliphatic heterocycles. The Bertz CT molecular complexity index is 843. The van der Waals surface area contributed by atoms with Crippen molar-refractivity contribution in [2.24, 2.45) is 0 Å². The summed E-state index contributed by atoms with van der Waals surface area (Å²) >= 11 is 6.20. The monoisotopic (exact) mass is 339 g/mol. The topological polar surface area (TPSA) is 46.9 Å². The van der Waals surface area contributed by atoms with Crippen LogP contribution in [0.25, 0.3) is 0 Å². The lowest BCUT2D eigenvalue weighted by Gasteiger charge is -2.06. The van der Waals surface area contributed by atoms with E-state index in [1.165, 1.54) is 0 Å². The van der Waals surface area contributed by atoms with Crippen molar-refractivity contribution in [3.8, 4) is 0 Å². The van der Waals surface area contributed by atoms with Crippen molar-refractivity contribution < 1.29 is 4.79 Å². The van der Waals surface area contributed by atoms with E-state index in [9.17, 15) is 4.79 Å². The van der Waals surface area contributed by atoms with Gasteiger partial charge in [-0.25, -0.2) is 0 Å². The van der Waals surface area contributed by atoms with Crippen LogP contribution in [-0.2, 0) is 17.8 Å². The van der Waals surface area contributed by atoms with Crippen molar-refractivity contribution in [3.05, 3.63) is 82.5 Å². The Morgan fingerprint density at radius 3 is 2.58 bits per heavy atom. The number of anilines is 1. The molecule has 3 aromatic rings. The van der Waals surface area contributed by atoms with Crippen LogP contribution in [0.1, 0.15) is 16.8 Å². The number of benzene rings is 2. The molecule has 4 nitrogen and oxygen atoms in total. The van der Waals surface area contributed by atoms with Crippen molar-refractivity contribution in [1.29, 1.82) is 0 Å². The van der Waals surface area contributed by atoms with Crippen molar-refractivity contribution >= 4 is 23.3 Å². The molecule has 1 amide bonds. The largest absolute Gasteiger partial charge is 0.309 e. The first-order valence-corrected chi connectivity index (χ1v) is 8.11. The molecule has 0 aliphatic rings. The standard InChI is InChI=1S/C19H18ClN3O/c1-14-11-18(21-19(24)12-15-7-3-2-4-8-15)22-23(14)13-16-9-5-6-10-17(16)20/h2-11H,12-13H2,1H3,(H,21,22,24). The molecule has 0 spiro atoms. The average molecular weight is 340 g/mol. The molecule has 0 bridgehead atoms. The summed E-state index contributed by atoms with van der Waals surface area (Å²) in [6.07, 6.45) is 0.331. The van der Waals surface area contributed by atoms with Gasteiger partial charge in [-0.3, -0.25) is 9.48 Å². The van der Waals surface area contributed by atoms with E-state index in [4.69, 9.17) is 11.6 Å². The molecule has 0 radical (unpaired) electrons. The van der Waals surface area contributed by atoms with Gasteiger partial charge in [-0.1, -0.05) is 60.1 Å². The molecule has 1 aromatic heterocycles. The molecule has 0 saturated heterocycles. The zero-order chi connectivity index (χ0) is 16.9. The SMILES string of the molecule is Cc1cc(NC(=O)Cc2ccccc2)nn1Cc1ccccc1Cl. The van der Waals surface area contributed by atoms with Crippen LogP contribution >= 0.6 is 11.6 Å². The minimum absolute atomic E-state index is 0.0800. The van der Waals surface area contributed by atoms with Crippen LogP contribution in [0.4, 0.5) is 5.82 Å². The van der Waals surface area contributed by atoms with Crippen molar-refractivity contribution in [2.45, 2.75) is 19.9 Å². The van der Waals surface area contributed by atoms with Gasteiger partial charge in [0.05, 0.1) is 13.0 Å². The number of hydrogen-bond acceptors (Lipinski definition) is 2. The summed E-state index contributed by atoms with van der Waals surface area (Å²) in [5.74, 6) is 0.476. The van der Waals surface area contributed by atoms with Crippen molar-refractivity contribution in [1.82, 2.24) is 9.78 Å². The van der Waals surface area contributed by atoms with Crippen LogP contribution < -0.4 is 5.32 Å². The van der Waals surface area contributed by atoms with Gasteiger partial charge < -0.3 is 5.32 Å². The van der Waals surface area contributed by atoms with Gasteiger partial charge in [0.25, 0.3) is 0 Å². The van der Waals surface area contributed by atoms with Crippen LogP contribution in [0, 0.1) is 6.92 Å². The summed E-state index contributed by atoms with van der Waals surface area (Å²) in [6.45, 7) is 2.52. The number of carbonyl (C=O) groups is 1. The summed E-state index contributed by atoms with van der Waals surface area (Å²) in [5.41, 5.74) is 2.93. The Hall–Kier alpha value is -2.59. The lowest BCUT2D eigenvalue weighted by Crippen LogP contribution is -2.15. The molecule has 5 heteroatoms. The van der Waals surface area contributed by atoms with Gasteiger partial charge in [-0.15, -0.1) is 0 Å². The average Bonchev–Trinajstić information content (AvgIpc) is 2.90. The maximum Gasteiger partial charge on any atom is 0.229 e. The summed E-state index contributed by atoms with van der Waals surface area (Å²) in [4.78, 5) is 12.1. The van der Waals surface area contributed by atoms with Crippen molar-refractivity contribution in [3.63, 3.8) is 0 Å². The van der Waals surface area contributed by atoms with Crippen LogP contribution in [0.2, 0.25) is 5.02 Å². The molecule has 3 rings (SSSR count). The quantitative estimate of drug-likeness (QED) is 0.761. The number of halogens is 1. The molecule has 24 heavy (non-hydrogen) atoms. The maximum atomic E-state index is 12.1.